The molecule has 1 aromatic rings. The third-order valence-corrected chi connectivity index (χ3v) is 2.65. The molecule has 0 fully saturated rings. The molecule has 0 aliphatic heterocycles. The second-order valence-corrected chi connectivity index (χ2v) is 4.17. The maximum absolute atomic E-state index is 11.7. The molecule has 0 aromatic carbocycles. The Morgan fingerprint density at radius 1 is 1.54 bits per heavy atom. The SMILES string of the molecule is O=c1sccn1CCSC(F)(F)F. The maximum Gasteiger partial charge on any atom is 0.441 e. The van der Waals surface area contributed by atoms with E-state index in [2.05, 4.69) is 0 Å². The molecule has 0 amide bonds. The minimum atomic E-state index is -4.21. The van der Waals surface area contributed by atoms with Gasteiger partial charge in [0.05, 0.1) is 0 Å². The molecule has 0 atom stereocenters. The summed E-state index contributed by atoms with van der Waals surface area (Å²) in [6.45, 7) is 0.104. The van der Waals surface area contributed by atoms with Gasteiger partial charge in [-0.1, -0.05) is 11.3 Å². The fraction of sp³-hybridized carbons (Fsp3) is 0.500. The van der Waals surface area contributed by atoms with Gasteiger partial charge in [-0.15, -0.1) is 0 Å². The molecule has 7 heteroatoms. The van der Waals surface area contributed by atoms with Crippen LogP contribution in [0.1, 0.15) is 0 Å². The van der Waals surface area contributed by atoms with E-state index in [4.69, 9.17) is 0 Å². The zero-order chi connectivity index (χ0) is 9.90. The van der Waals surface area contributed by atoms with Crippen LogP contribution in [0.5, 0.6) is 0 Å². The van der Waals surface area contributed by atoms with Gasteiger partial charge in [-0.05, 0) is 11.8 Å². The molecule has 1 heterocycles. The fourth-order valence-electron chi connectivity index (χ4n) is 0.716. The largest absolute Gasteiger partial charge is 0.441 e. The van der Waals surface area contributed by atoms with Gasteiger partial charge >= 0.3 is 10.4 Å². The number of halogens is 3. The van der Waals surface area contributed by atoms with Crippen molar-refractivity contribution in [1.82, 2.24) is 4.57 Å². The van der Waals surface area contributed by atoms with Gasteiger partial charge in [0.1, 0.15) is 0 Å². The molecular weight excluding hydrogens is 223 g/mol. The van der Waals surface area contributed by atoms with Crippen molar-refractivity contribution in [2.75, 3.05) is 5.75 Å². The van der Waals surface area contributed by atoms with Crippen molar-refractivity contribution >= 4 is 23.1 Å². The lowest BCUT2D eigenvalue weighted by Gasteiger charge is -2.04. The van der Waals surface area contributed by atoms with Crippen molar-refractivity contribution in [2.45, 2.75) is 12.1 Å². The highest BCUT2D eigenvalue weighted by Gasteiger charge is 2.27. The minimum Gasteiger partial charge on any atom is -0.305 e. The lowest BCUT2D eigenvalue weighted by atomic mass is 10.7. The van der Waals surface area contributed by atoms with Crippen LogP contribution in [0.15, 0.2) is 16.4 Å². The van der Waals surface area contributed by atoms with E-state index in [0.717, 1.165) is 11.3 Å². The first-order chi connectivity index (χ1) is 5.99. The maximum atomic E-state index is 11.7. The Kier molecular flexibility index (Phi) is 3.43. The first-order valence-electron chi connectivity index (χ1n) is 3.34. The standard InChI is InChI=1S/C6H6F3NOS2/c7-6(8,9)13-4-2-10-1-3-12-5(10)11/h1,3H,2,4H2. The van der Waals surface area contributed by atoms with Crippen LogP contribution in [-0.2, 0) is 6.54 Å². The van der Waals surface area contributed by atoms with Crippen molar-refractivity contribution in [3.8, 4) is 0 Å². The van der Waals surface area contributed by atoms with Gasteiger partial charge in [0.15, 0.2) is 0 Å². The zero-order valence-corrected chi connectivity index (χ0v) is 8.01. The number of thioether (sulfide) groups is 1. The number of hydrogen-bond donors (Lipinski definition) is 0. The molecule has 74 valence electrons. The highest BCUT2D eigenvalue weighted by molar-refractivity contribution is 8.00. The summed E-state index contributed by atoms with van der Waals surface area (Å²) in [6, 6.07) is 0. The summed E-state index contributed by atoms with van der Waals surface area (Å²) in [5.74, 6) is -0.125. The van der Waals surface area contributed by atoms with Gasteiger partial charge < -0.3 is 4.57 Å². The summed E-state index contributed by atoms with van der Waals surface area (Å²) in [5.41, 5.74) is -4.21. The van der Waals surface area contributed by atoms with Crippen molar-refractivity contribution < 1.29 is 13.2 Å². The first kappa shape index (κ1) is 10.6. The predicted molar refractivity (Wildman–Crippen MR) is 47.1 cm³/mol. The summed E-state index contributed by atoms with van der Waals surface area (Å²) in [6.07, 6.45) is 1.49. The summed E-state index contributed by atoms with van der Waals surface area (Å²) < 4.78 is 36.3. The van der Waals surface area contributed by atoms with Crippen LogP contribution < -0.4 is 4.87 Å². The minimum absolute atomic E-state index is 0.104. The number of aryl methyl sites for hydroxylation is 1. The second-order valence-electron chi connectivity index (χ2n) is 2.16. The van der Waals surface area contributed by atoms with Crippen LogP contribution in [-0.4, -0.2) is 15.8 Å². The summed E-state index contributed by atoms with van der Waals surface area (Å²) in [5, 5.41) is 1.56. The van der Waals surface area contributed by atoms with Crippen LogP contribution in [0.2, 0.25) is 0 Å². The van der Waals surface area contributed by atoms with Crippen LogP contribution in [0, 0.1) is 0 Å². The number of alkyl halides is 3. The topological polar surface area (TPSA) is 22.0 Å². The molecule has 0 unspecified atom stereocenters. The average Bonchev–Trinajstić information content (AvgIpc) is 2.34. The van der Waals surface area contributed by atoms with Gasteiger partial charge in [-0.3, -0.25) is 4.79 Å². The zero-order valence-electron chi connectivity index (χ0n) is 6.37. The Morgan fingerprint density at radius 2 is 2.23 bits per heavy atom. The van der Waals surface area contributed by atoms with Gasteiger partial charge in [0, 0.05) is 23.9 Å². The Bertz CT molecular complexity index is 316. The van der Waals surface area contributed by atoms with Gasteiger partial charge in [0.2, 0.25) is 0 Å². The smallest absolute Gasteiger partial charge is 0.305 e. The quantitative estimate of drug-likeness (QED) is 0.792. The monoisotopic (exact) mass is 229 g/mol. The molecule has 0 aliphatic rings. The summed E-state index contributed by atoms with van der Waals surface area (Å²) in [4.78, 5) is 10.6. The van der Waals surface area contributed by atoms with E-state index in [1.165, 1.54) is 10.8 Å². The van der Waals surface area contributed by atoms with E-state index in [0.29, 0.717) is 0 Å². The van der Waals surface area contributed by atoms with Crippen molar-refractivity contribution in [3.63, 3.8) is 0 Å². The van der Waals surface area contributed by atoms with Crippen molar-refractivity contribution in [1.29, 1.82) is 0 Å². The number of nitrogens with zero attached hydrogens (tertiary/aromatic N) is 1. The van der Waals surface area contributed by atoms with Crippen LogP contribution >= 0.6 is 23.1 Å². The summed E-state index contributed by atoms with van der Waals surface area (Å²) in [7, 11) is 0. The average molecular weight is 229 g/mol. The molecule has 1 rings (SSSR count). The number of hydrogen-bond acceptors (Lipinski definition) is 3. The van der Waals surface area contributed by atoms with E-state index in [1.807, 2.05) is 0 Å². The molecule has 0 radical (unpaired) electrons. The van der Waals surface area contributed by atoms with Gasteiger partial charge in [-0.25, -0.2) is 0 Å². The lowest BCUT2D eigenvalue weighted by molar-refractivity contribution is -0.0328. The first-order valence-corrected chi connectivity index (χ1v) is 5.20. The molecular formula is C6H6F3NOS2. The van der Waals surface area contributed by atoms with E-state index in [1.54, 1.807) is 5.38 Å². The third kappa shape index (κ3) is 3.86. The number of thiazole rings is 1. The van der Waals surface area contributed by atoms with E-state index in [-0.39, 0.29) is 28.9 Å². The predicted octanol–water partition coefficient (Wildman–Crippen LogP) is 2.16. The van der Waals surface area contributed by atoms with Crippen LogP contribution in [0.4, 0.5) is 13.2 Å². The molecule has 0 aliphatic carbocycles. The Morgan fingerprint density at radius 3 is 2.69 bits per heavy atom. The molecule has 0 spiro atoms. The van der Waals surface area contributed by atoms with Crippen LogP contribution in [0.25, 0.3) is 0 Å². The van der Waals surface area contributed by atoms with E-state index in [9.17, 15) is 18.0 Å². The van der Waals surface area contributed by atoms with E-state index >= 15 is 0 Å². The highest BCUT2D eigenvalue weighted by Crippen LogP contribution is 2.29. The number of rotatable bonds is 3. The van der Waals surface area contributed by atoms with Gasteiger partial charge in [-0.2, -0.15) is 13.2 Å². The molecule has 0 saturated heterocycles. The lowest BCUT2D eigenvalue weighted by Crippen LogP contribution is -2.14. The van der Waals surface area contributed by atoms with Crippen molar-refractivity contribution in [3.05, 3.63) is 21.2 Å². The Hall–Kier alpha value is -0.430. The van der Waals surface area contributed by atoms with Crippen molar-refractivity contribution in [2.24, 2.45) is 0 Å². The summed E-state index contributed by atoms with van der Waals surface area (Å²) >= 11 is 0.865. The molecule has 2 nitrogen and oxygen atoms in total. The normalized spacial score (nSPS) is 11.9. The third-order valence-electron chi connectivity index (χ3n) is 1.24. The Labute approximate surface area is 80.4 Å². The molecule has 0 bridgehead atoms. The highest BCUT2D eigenvalue weighted by atomic mass is 32.2. The molecule has 0 N–H and O–H groups in total. The Balaban J connectivity index is 2.37. The molecule has 1 aromatic heterocycles. The van der Waals surface area contributed by atoms with E-state index < -0.39 is 5.51 Å². The molecule has 0 saturated carbocycles. The number of aromatic nitrogens is 1. The second kappa shape index (κ2) is 4.19. The molecule has 13 heavy (non-hydrogen) atoms. The van der Waals surface area contributed by atoms with Gasteiger partial charge in [0.25, 0.3) is 0 Å². The fourth-order valence-corrected chi connectivity index (χ4v) is 1.85. The van der Waals surface area contributed by atoms with Crippen LogP contribution in [0.3, 0.4) is 0 Å².